The van der Waals surface area contributed by atoms with Crippen LogP contribution >= 0.6 is 0 Å². The molecule has 0 unspecified atom stereocenters. The quantitative estimate of drug-likeness (QED) is 0.604. The highest BCUT2D eigenvalue weighted by atomic mass is 15.1. The Hall–Kier alpha value is -3.21. The van der Waals surface area contributed by atoms with E-state index in [-0.39, 0.29) is 0 Å². The summed E-state index contributed by atoms with van der Waals surface area (Å²) >= 11 is 0. The maximum Gasteiger partial charge on any atom is 0.222 e. The van der Waals surface area contributed by atoms with Crippen LogP contribution in [0.3, 0.4) is 0 Å². The lowest BCUT2D eigenvalue weighted by atomic mass is 10.1. The molecule has 0 aliphatic carbocycles. The average Bonchev–Trinajstić information content (AvgIpc) is 3.09. The maximum atomic E-state index is 4.39. The fourth-order valence-corrected chi connectivity index (χ4v) is 2.47. The van der Waals surface area contributed by atoms with E-state index in [0.29, 0.717) is 12.5 Å². The molecule has 2 N–H and O–H groups in total. The second kappa shape index (κ2) is 5.88. The summed E-state index contributed by atoms with van der Waals surface area (Å²) in [5.41, 5.74) is 4.29. The molecule has 112 valence electrons. The summed E-state index contributed by atoms with van der Waals surface area (Å²) < 4.78 is 0. The minimum atomic E-state index is 0.627. The molecule has 0 amide bonds. The molecule has 0 aliphatic heterocycles. The van der Waals surface area contributed by atoms with Crippen molar-refractivity contribution < 1.29 is 0 Å². The Balaban J connectivity index is 1.51. The Morgan fingerprint density at radius 3 is 2.52 bits per heavy atom. The summed E-state index contributed by atoms with van der Waals surface area (Å²) in [6.07, 6.45) is 5.48. The smallest absolute Gasteiger partial charge is 0.222 e. The van der Waals surface area contributed by atoms with Crippen LogP contribution in [0.25, 0.3) is 22.0 Å². The van der Waals surface area contributed by atoms with Gasteiger partial charge in [0.15, 0.2) is 0 Å². The third-order valence-corrected chi connectivity index (χ3v) is 3.72. The number of fused-ring (bicyclic) bond motifs is 1. The molecule has 0 radical (unpaired) electrons. The molecule has 5 nitrogen and oxygen atoms in total. The van der Waals surface area contributed by atoms with E-state index in [0.717, 1.165) is 22.0 Å². The van der Waals surface area contributed by atoms with Crippen molar-refractivity contribution in [3.8, 4) is 11.1 Å². The first-order valence-corrected chi connectivity index (χ1v) is 7.42. The number of H-pyrrole nitrogens is 1. The first kappa shape index (κ1) is 13.5. The first-order valence-electron chi connectivity index (χ1n) is 7.42. The van der Waals surface area contributed by atoms with Crippen LogP contribution in [-0.4, -0.2) is 20.2 Å². The van der Waals surface area contributed by atoms with Gasteiger partial charge in [0.2, 0.25) is 5.95 Å². The molecule has 0 fully saturated rings. The van der Waals surface area contributed by atoms with Gasteiger partial charge in [0.1, 0.15) is 0 Å². The average molecular weight is 301 g/mol. The number of anilines is 1. The number of nitrogens with one attached hydrogen (secondary N) is 2. The van der Waals surface area contributed by atoms with Crippen LogP contribution in [0.15, 0.2) is 67.1 Å². The highest BCUT2D eigenvalue weighted by molar-refractivity contribution is 5.83. The van der Waals surface area contributed by atoms with Crippen molar-refractivity contribution in [1.29, 1.82) is 0 Å². The molecule has 5 heteroatoms. The van der Waals surface area contributed by atoms with Crippen LogP contribution in [-0.2, 0) is 6.54 Å². The zero-order valence-corrected chi connectivity index (χ0v) is 12.4. The molecule has 4 aromatic rings. The van der Waals surface area contributed by atoms with Crippen LogP contribution in [0.5, 0.6) is 0 Å². The predicted molar refractivity (Wildman–Crippen MR) is 90.9 cm³/mol. The zero-order chi connectivity index (χ0) is 15.5. The van der Waals surface area contributed by atoms with Gasteiger partial charge in [-0.25, -0.2) is 9.97 Å². The van der Waals surface area contributed by atoms with Gasteiger partial charge in [-0.05, 0) is 23.3 Å². The number of aromatic amines is 1. The van der Waals surface area contributed by atoms with Gasteiger partial charge in [0.25, 0.3) is 0 Å². The Bertz CT molecular complexity index is 913. The minimum Gasteiger partial charge on any atom is -0.350 e. The number of benzene rings is 2. The SMILES string of the molecule is c1ccc(CNc2ncc(-c3ccc4[nH]ncc4c3)cn2)cc1. The van der Waals surface area contributed by atoms with Crippen molar-refractivity contribution >= 4 is 16.9 Å². The number of hydrogen-bond donors (Lipinski definition) is 2. The molecule has 2 aromatic heterocycles. The summed E-state index contributed by atoms with van der Waals surface area (Å²) in [4.78, 5) is 8.78. The van der Waals surface area contributed by atoms with Gasteiger partial charge in [-0.2, -0.15) is 5.10 Å². The van der Waals surface area contributed by atoms with E-state index < -0.39 is 0 Å². The van der Waals surface area contributed by atoms with Crippen molar-refractivity contribution in [2.75, 3.05) is 5.32 Å². The monoisotopic (exact) mass is 301 g/mol. The Labute approximate surface area is 133 Å². The molecule has 0 saturated carbocycles. The highest BCUT2D eigenvalue weighted by Gasteiger charge is 2.03. The molecule has 2 aromatic carbocycles. The molecule has 0 atom stereocenters. The van der Waals surface area contributed by atoms with E-state index in [1.54, 1.807) is 0 Å². The number of nitrogens with zero attached hydrogens (tertiary/aromatic N) is 3. The fourth-order valence-electron chi connectivity index (χ4n) is 2.47. The highest BCUT2D eigenvalue weighted by Crippen LogP contribution is 2.22. The number of aromatic nitrogens is 4. The molecule has 0 aliphatic rings. The lowest BCUT2D eigenvalue weighted by Gasteiger charge is -2.06. The molecule has 4 rings (SSSR count). The van der Waals surface area contributed by atoms with E-state index in [1.807, 2.05) is 48.9 Å². The first-order chi connectivity index (χ1) is 11.4. The topological polar surface area (TPSA) is 66.5 Å². The molecule has 2 heterocycles. The molecule has 0 saturated heterocycles. The van der Waals surface area contributed by atoms with Crippen molar-refractivity contribution in [2.24, 2.45) is 0 Å². The largest absolute Gasteiger partial charge is 0.350 e. The zero-order valence-electron chi connectivity index (χ0n) is 12.4. The van der Waals surface area contributed by atoms with Gasteiger partial charge in [-0.3, -0.25) is 5.10 Å². The van der Waals surface area contributed by atoms with Crippen LogP contribution in [0, 0.1) is 0 Å². The van der Waals surface area contributed by atoms with E-state index in [2.05, 4.69) is 43.7 Å². The van der Waals surface area contributed by atoms with E-state index in [1.165, 1.54) is 5.56 Å². The normalized spacial score (nSPS) is 10.8. The standard InChI is InChI=1S/C18H15N5/c1-2-4-13(5-3-1)9-19-18-20-10-16(11-21-18)14-6-7-17-15(8-14)12-22-23-17/h1-8,10-12H,9H2,(H,22,23)(H,19,20,21). The van der Waals surface area contributed by atoms with E-state index in [4.69, 9.17) is 0 Å². The third kappa shape index (κ3) is 2.89. The van der Waals surface area contributed by atoms with Crippen LogP contribution in [0.1, 0.15) is 5.56 Å². The maximum absolute atomic E-state index is 4.39. The lowest BCUT2D eigenvalue weighted by Crippen LogP contribution is -2.03. The van der Waals surface area contributed by atoms with Crippen LogP contribution < -0.4 is 5.32 Å². The summed E-state index contributed by atoms with van der Waals surface area (Å²) in [5, 5.41) is 11.3. The van der Waals surface area contributed by atoms with Crippen molar-refractivity contribution in [1.82, 2.24) is 20.2 Å². The Morgan fingerprint density at radius 2 is 1.70 bits per heavy atom. The van der Waals surface area contributed by atoms with Gasteiger partial charge >= 0.3 is 0 Å². The van der Waals surface area contributed by atoms with Gasteiger partial charge in [-0.15, -0.1) is 0 Å². The van der Waals surface area contributed by atoms with Crippen LogP contribution in [0.4, 0.5) is 5.95 Å². The van der Waals surface area contributed by atoms with Gasteiger partial charge in [-0.1, -0.05) is 36.4 Å². The number of hydrogen-bond acceptors (Lipinski definition) is 4. The summed E-state index contributed by atoms with van der Waals surface area (Å²) in [7, 11) is 0. The predicted octanol–water partition coefficient (Wildman–Crippen LogP) is 3.63. The molecule has 0 spiro atoms. The summed E-state index contributed by atoms with van der Waals surface area (Å²) in [6, 6.07) is 16.3. The summed E-state index contributed by atoms with van der Waals surface area (Å²) in [5.74, 6) is 0.627. The minimum absolute atomic E-state index is 0.627. The van der Waals surface area contributed by atoms with Gasteiger partial charge in [0, 0.05) is 29.9 Å². The van der Waals surface area contributed by atoms with Gasteiger partial charge < -0.3 is 5.32 Å². The lowest BCUT2D eigenvalue weighted by molar-refractivity contribution is 1.06. The van der Waals surface area contributed by atoms with Gasteiger partial charge in [0.05, 0.1) is 11.7 Å². The van der Waals surface area contributed by atoms with E-state index >= 15 is 0 Å². The molecule has 23 heavy (non-hydrogen) atoms. The number of rotatable bonds is 4. The molecular formula is C18H15N5. The summed E-state index contributed by atoms with van der Waals surface area (Å²) in [6.45, 7) is 0.709. The van der Waals surface area contributed by atoms with Crippen LogP contribution in [0.2, 0.25) is 0 Å². The molecular weight excluding hydrogens is 286 g/mol. The van der Waals surface area contributed by atoms with E-state index in [9.17, 15) is 0 Å². The second-order valence-corrected chi connectivity index (χ2v) is 5.31. The van der Waals surface area contributed by atoms with Crippen molar-refractivity contribution in [2.45, 2.75) is 6.54 Å². The van der Waals surface area contributed by atoms with Crippen molar-refractivity contribution in [3.05, 3.63) is 72.7 Å². The third-order valence-electron chi connectivity index (χ3n) is 3.72. The molecule has 0 bridgehead atoms. The fraction of sp³-hybridized carbons (Fsp3) is 0.0556. The Kier molecular flexibility index (Phi) is 3.44. The second-order valence-electron chi connectivity index (χ2n) is 5.31. The Morgan fingerprint density at radius 1 is 0.870 bits per heavy atom. The van der Waals surface area contributed by atoms with Crippen molar-refractivity contribution in [3.63, 3.8) is 0 Å².